The smallest absolute Gasteiger partial charge is 0.347 e. The summed E-state index contributed by atoms with van der Waals surface area (Å²) in [6.07, 6.45) is 0. The van der Waals surface area contributed by atoms with E-state index < -0.39 is 104 Å². The number of carboxylic acid groups (broad SMARTS) is 4. The van der Waals surface area contributed by atoms with E-state index in [0.29, 0.717) is 0 Å². The molecule has 2 aromatic rings. The molecule has 15 heteroatoms. The first-order valence-electron chi connectivity index (χ1n) is 8.91. The molecule has 0 aromatic heterocycles. The molecule has 2 heterocycles. The highest BCUT2D eigenvalue weighted by atomic mass is 16.6. The van der Waals surface area contributed by atoms with E-state index in [9.17, 15) is 58.8 Å². The van der Waals surface area contributed by atoms with Crippen LogP contribution in [0.3, 0.4) is 0 Å². The fraction of sp³-hybridized carbons (Fsp3) is 0. The Morgan fingerprint density at radius 2 is 1.03 bits per heavy atom. The first-order chi connectivity index (χ1) is 16.4. The number of hydrogen-bond donors (Lipinski definition) is 4. The number of cyclic esters (lactones) is 4. The van der Waals surface area contributed by atoms with Crippen molar-refractivity contribution in [2.45, 2.75) is 0 Å². The molecule has 2 aliphatic rings. The van der Waals surface area contributed by atoms with E-state index in [1.807, 2.05) is 0 Å². The summed E-state index contributed by atoms with van der Waals surface area (Å²) in [7, 11) is 0. The Kier molecular flexibility index (Phi) is 4.83. The third-order valence-corrected chi connectivity index (χ3v) is 4.89. The monoisotopic (exact) mass is 486 g/mol. The second kappa shape index (κ2) is 7.48. The Balaban J connectivity index is 2.13. The molecule has 0 spiro atoms. The molecule has 4 N–H and O–H groups in total. The SMILES string of the molecule is O=C1OC(=O)c2c1ccc(Oc1c(C(=O)O)c(C(=O)O)c3c(c1C(=O)O)C(=O)OC3=O)c2C(=O)O. The normalized spacial score (nSPS) is 13.6. The average molecular weight is 486 g/mol. The summed E-state index contributed by atoms with van der Waals surface area (Å²) in [5.74, 6) is -16.3. The van der Waals surface area contributed by atoms with Crippen LogP contribution in [-0.4, -0.2) is 68.2 Å². The van der Waals surface area contributed by atoms with Gasteiger partial charge >= 0.3 is 47.8 Å². The van der Waals surface area contributed by atoms with Gasteiger partial charge < -0.3 is 34.6 Å². The van der Waals surface area contributed by atoms with Crippen molar-refractivity contribution < 1.29 is 73.0 Å². The van der Waals surface area contributed by atoms with Gasteiger partial charge in [0.1, 0.15) is 22.4 Å². The lowest BCUT2D eigenvalue weighted by atomic mass is 9.90. The number of hydrogen-bond acceptors (Lipinski definition) is 11. The largest absolute Gasteiger partial charge is 0.478 e. The zero-order valence-electron chi connectivity index (χ0n) is 16.4. The molecule has 2 aliphatic heterocycles. The van der Waals surface area contributed by atoms with Gasteiger partial charge in [0.05, 0.1) is 27.8 Å². The molecule has 176 valence electrons. The first kappa shape index (κ1) is 22.6. The predicted molar refractivity (Wildman–Crippen MR) is 100 cm³/mol. The third-order valence-electron chi connectivity index (χ3n) is 4.89. The standard InChI is InChI=1S/C20H6O15/c21-13(22)6-4(2-1-3-5(6)18(30)34-17(3)29)33-12-10(15(25)26)7(14(23)24)8-9(11(12)16(27)28)20(32)35-19(8)31/h1-2H,(H,21,22)(H,23,24)(H,25,26)(H,27,28). The first-order valence-corrected chi connectivity index (χ1v) is 8.91. The summed E-state index contributed by atoms with van der Waals surface area (Å²) in [4.78, 5) is 95.7. The number of fused-ring (bicyclic) bond motifs is 2. The predicted octanol–water partition coefficient (Wildman–Crippen LogP) is 0.893. The molecule has 0 bridgehead atoms. The highest BCUT2D eigenvalue weighted by Gasteiger charge is 2.45. The average Bonchev–Trinajstić information content (AvgIpc) is 3.20. The van der Waals surface area contributed by atoms with Crippen molar-refractivity contribution in [3.63, 3.8) is 0 Å². The van der Waals surface area contributed by atoms with E-state index in [4.69, 9.17) is 4.74 Å². The van der Waals surface area contributed by atoms with Gasteiger partial charge in [-0.2, -0.15) is 0 Å². The molecule has 35 heavy (non-hydrogen) atoms. The number of carboxylic acids is 4. The number of carbonyl (C=O) groups excluding carboxylic acids is 4. The lowest BCUT2D eigenvalue weighted by Crippen LogP contribution is -2.20. The van der Waals surface area contributed by atoms with Crippen LogP contribution >= 0.6 is 0 Å². The maximum absolute atomic E-state index is 12.2. The van der Waals surface area contributed by atoms with Crippen LogP contribution in [0.1, 0.15) is 82.9 Å². The number of carbonyl (C=O) groups is 8. The van der Waals surface area contributed by atoms with Crippen LogP contribution in [0.4, 0.5) is 0 Å². The van der Waals surface area contributed by atoms with Crippen molar-refractivity contribution in [3.8, 4) is 11.5 Å². The third kappa shape index (κ3) is 3.14. The number of aromatic carboxylic acids is 4. The second-order valence-corrected chi connectivity index (χ2v) is 6.74. The summed E-state index contributed by atoms with van der Waals surface area (Å²) in [5, 5.41) is 38.5. The minimum atomic E-state index is -2.14. The van der Waals surface area contributed by atoms with Gasteiger partial charge in [0.2, 0.25) is 0 Å². The lowest BCUT2D eigenvalue weighted by Gasteiger charge is -2.17. The Morgan fingerprint density at radius 3 is 1.54 bits per heavy atom. The maximum Gasteiger partial charge on any atom is 0.347 e. The van der Waals surface area contributed by atoms with Crippen LogP contribution in [0, 0.1) is 0 Å². The Bertz CT molecular complexity index is 1490. The highest BCUT2D eigenvalue weighted by Crippen LogP contribution is 2.42. The molecular formula is C20H6O15. The van der Waals surface area contributed by atoms with Crippen LogP contribution in [-0.2, 0) is 9.47 Å². The molecule has 0 amide bonds. The van der Waals surface area contributed by atoms with Gasteiger partial charge in [0, 0.05) is 0 Å². The summed E-state index contributed by atoms with van der Waals surface area (Å²) < 4.78 is 13.8. The molecule has 0 atom stereocenters. The summed E-state index contributed by atoms with van der Waals surface area (Å²) >= 11 is 0. The summed E-state index contributed by atoms with van der Waals surface area (Å²) in [5.41, 5.74) is -8.78. The van der Waals surface area contributed by atoms with Crippen molar-refractivity contribution in [3.05, 3.63) is 56.6 Å². The van der Waals surface area contributed by atoms with Crippen molar-refractivity contribution in [2.75, 3.05) is 0 Å². The van der Waals surface area contributed by atoms with E-state index in [0.717, 1.165) is 12.1 Å². The van der Waals surface area contributed by atoms with E-state index >= 15 is 0 Å². The van der Waals surface area contributed by atoms with Gasteiger partial charge in [0.15, 0.2) is 5.75 Å². The molecule has 0 fully saturated rings. The zero-order valence-corrected chi connectivity index (χ0v) is 16.4. The quantitative estimate of drug-likeness (QED) is 0.327. The Labute approximate surface area is 189 Å². The highest BCUT2D eigenvalue weighted by molar-refractivity contribution is 6.26. The fourth-order valence-corrected chi connectivity index (χ4v) is 3.61. The van der Waals surface area contributed by atoms with Crippen molar-refractivity contribution >= 4 is 47.8 Å². The van der Waals surface area contributed by atoms with Crippen molar-refractivity contribution in [2.24, 2.45) is 0 Å². The minimum absolute atomic E-state index is 0.494. The summed E-state index contributed by atoms with van der Waals surface area (Å²) in [6.45, 7) is 0. The molecule has 4 rings (SSSR count). The summed E-state index contributed by atoms with van der Waals surface area (Å²) in [6, 6.07) is 1.60. The van der Waals surface area contributed by atoms with Crippen LogP contribution in [0.15, 0.2) is 12.1 Å². The van der Waals surface area contributed by atoms with E-state index in [2.05, 4.69) is 9.47 Å². The Morgan fingerprint density at radius 1 is 0.571 bits per heavy atom. The number of rotatable bonds is 6. The minimum Gasteiger partial charge on any atom is -0.478 e. The fourth-order valence-electron chi connectivity index (χ4n) is 3.61. The molecule has 0 unspecified atom stereocenters. The maximum atomic E-state index is 12.2. The topological polar surface area (TPSA) is 245 Å². The van der Waals surface area contributed by atoms with Crippen molar-refractivity contribution in [1.29, 1.82) is 0 Å². The second-order valence-electron chi connectivity index (χ2n) is 6.74. The van der Waals surface area contributed by atoms with Gasteiger partial charge in [-0.25, -0.2) is 38.4 Å². The molecule has 0 radical (unpaired) electrons. The van der Waals surface area contributed by atoms with Gasteiger partial charge in [-0.1, -0.05) is 0 Å². The molecule has 0 aliphatic carbocycles. The van der Waals surface area contributed by atoms with Crippen molar-refractivity contribution in [1.82, 2.24) is 0 Å². The van der Waals surface area contributed by atoms with E-state index in [-0.39, 0.29) is 0 Å². The molecule has 2 aromatic carbocycles. The van der Waals surface area contributed by atoms with Crippen LogP contribution in [0.25, 0.3) is 0 Å². The number of ether oxygens (including phenoxy) is 3. The number of esters is 4. The lowest BCUT2D eigenvalue weighted by molar-refractivity contribution is 0.0423. The van der Waals surface area contributed by atoms with Crippen LogP contribution in [0.5, 0.6) is 11.5 Å². The van der Waals surface area contributed by atoms with E-state index in [1.165, 1.54) is 0 Å². The molecular weight excluding hydrogens is 480 g/mol. The van der Waals surface area contributed by atoms with Gasteiger partial charge in [-0.05, 0) is 12.1 Å². The van der Waals surface area contributed by atoms with Gasteiger partial charge in [-0.3, -0.25) is 0 Å². The molecule has 15 nitrogen and oxygen atoms in total. The molecule has 0 saturated heterocycles. The van der Waals surface area contributed by atoms with Gasteiger partial charge in [0.25, 0.3) is 0 Å². The number of benzene rings is 2. The van der Waals surface area contributed by atoms with Gasteiger partial charge in [-0.15, -0.1) is 0 Å². The molecule has 0 saturated carbocycles. The zero-order chi connectivity index (χ0) is 25.9. The van der Waals surface area contributed by atoms with Crippen LogP contribution in [0.2, 0.25) is 0 Å². The Hall–Kier alpha value is -5.60. The van der Waals surface area contributed by atoms with Crippen LogP contribution < -0.4 is 4.74 Å². The van der Waals surface area contributed by atoms with E-state index in [1.54, 1.807) is 0 Å².